The molecule has 0 aliphatic heterocycles. The van der Waals surface area contributed by atoms with Crippen LogP contribution in [0.4, 0.5) is 18.9 Å². The van der Waals surface area contributed by atoms with E-state index in [2.05, 4.69) is 14.9 Å². The standard InChI is InChI=1S/C22H26F3N3O3S/c1-28(2)21(12-3-4-13-21)15-26-20(29)16-8-10-19(11-9-16)32(30,31)27-18-7-5-6-17(14-18)22(23,24)25/h5-11,14,27H,3-4,12-13,15H2,1-2H3,(H,26,29). The highest BCUT2D eigenvalue weighted by molar-refractivity contribution is 7.92. The van der Waals surface area contributed by atoms with Crippen molar-refractivity contribution in [2.24, 2.45) is 0 Å². The van der Waals surface area contributed by atoms with Gasteiger partial charge in [0.15, 0.2) is 0 Å². The van der Waals surface area contributed by atoms with Crippen molar-refractivity contribution < 1.29 is 26.4 Å². The van der Waals surface area contributed by atoms with Gasteiger partial charge >= 0.3 is 6.18 Å². The normalized spacial score (nSPS) is 16.2. The zero-order chi connectivity index (χ0) is 23.6. The van der Waals surface area contributed by atoms with Crippen LogP contribution in [0.5, 0.6) is 0 Å². The number of nitrogens with zero attached hydrogens (tertiary/aromatic N) is 1. The summed E-state index contributed by atoms with van der Waals surface area (Å²) < 4.78 is 65.8. The van der Waals surface area contributed by atoms with Crippen LogP contribution >= 0.6 is 0 Å². The predicted molar refractivity (Wildman–Crippen MR) is 116 cm³/mol. The summed E-state index contributed by atoms with van der Waals surface area (Å²) in [6.07, 6.45) is -0.365. The summed E-state index contributed by atoms with van der Waals surface area (Å²) in [5, 5.41) is 2.93. The third-order valence-electron chi connectivity index (χ3n) is 5.93. The minimum atomic E-state index is -4.58. The average Bonchev–Trinajstić information content (AvgIpc) is 3.22. The number of alkyl halides is 3. The molecule has 0 saturated heterocycles. The first kappa shape index (κ1) is 24.1. The van der Waals surface area contributed by atoms with Crippen LogP contribution in [0.1, 0.15) is 41.6 Å². The monoisotopic (exact) mass is 469 g/mol. The quantitative estimate of drug-likeness (QED) is 0.640. The summed E-state index contributed by atoms with van der Waals surface area (Å²) in [6.45, 7) is 0.496. The van der Waals surface area contributed by atoms with Crippen molar-refractivity contribution in [3.63, 3.8) is 0 Å². The molecule has 174 valence electrons. The molecule has 1 amide bonds. The molecule has 1 aliphatic carbocycles. The third kappa shape index (κ3) is 5.42. The molecule has 1 aliphatic rings. The van der Waals surface area contributed by atoms with Gasteiger partial charge < -0.3 is 10.2 Å². The Morgan fingerprint density at radius 1 is 1.06 bits per heavy atom. The minimum Gasteiger partial charge on any atom is -0.350 e. The Morgan fingerprint density at radius 2 is 1.69 bits per heavy atom. The number of carbonyl (C=O) groups excluding carboxylic acids is 1. The van der Waals surface area contributed by atoms with Crippen molar-refractivity contribution >= 4 is 21.6 Å². The molecule has 3 rings (SSSR count). The van der Waals surface area contributed by atoms with Crippen molar-refractivity contribution in [1.29, 1.82) is 0 Å². The highest BCUT2D eigenvalue weighted by Crippen LogP contribution is 2.33. The molecule has 6 nitrogen and oxygen atoms in total. The Balaban J connectivity index is 1.68. The second-order valence-electron chi connectivity index (χ2n) is 8.22. The second kappa shape index (κ2) is 9.11. The van der Waals surface area contributed by atoms with Crippen molar-refractivity contribution in [2.75, 3.05) is 25.4 Å². The molecular formula is C22H26F3N3O3S. The van der Waals surface area contributed by atoms with Gasteiger partial charge in [-0.05, 0) is 69.4 Å². The van der Waals surface area contributed by atoms with Gasteiger partial charge in [-0.3, -0.25) is 9.52 Å². The number of rotatable bonds is 7. The summed E-state index contributed by atoms with van der Waals surface area (Å²) in [5.41, 5.74) is -0.932. The van der Waals surface area contributed by atoms with Gasteiger partial charge in [-0.1, -0.05) is 18.9 Å². The number of amides is 1. The van der Waals surface area contributed by atoms with Crippen LogP contribution in [-0.4, -0.2) is 45.4 Å². The molecule has 0 aromatic heterocycles. The van der Waals surface area contributed by atoms with E-state index in [1.807, 2.05) is 14.1 Å². The van der Waals surface area contributed by atoms with Crippen LogP contribution in [0.25, 0.3) is 0 Å². The maximum absolute atomic E-state index is 12.9. The summed E-state index contributed by atoms with van der Waals surface area (Å²) in [7, 11) is -0.131. The lowest BCUT2D eigenvalue weighted by atomic mass is 9.96. The highest BCUT2D eigenvalue weighted by Gasteiger charge is 2.36. The Kier molecular flexibility index (Phi) is 6.85. The van der Waals surface area contributed by atoms with Gasteiger partial charge in [0.2, 0.25) is 0 Å². The van der Waals surface area contributed by atoms with E-state index in [0.717, 1.165) is 43.9 Å². The number of halogens is 3. The number of anilines is 1. The Hall–Kier alpha value is -2.59. The Bertz CT molecular complexity index is 1060. The zero-order valence-electron chi connectivity index (χ0n) is 17.9. The largest absolute Gasteiger partial charge is 0.416 e. The van der Waals surface area contributed by atoms with Gasteiger partial charge in [-0.15, -0.1) is 0 Å². The number of carbonyl (C=O) groups is 1. The van der Waals surface area contributed by atoms with Crippen LogP contribution in [0.3, 0.4) is 0 Å². The lowest BCUT2D eigenvalue weighted by molar-refractivity contribution is -0.137. The molecular weight excluding hydrogens is 443 g/mol. The van der Waals surface area contributed by atoms with Crippen LogP contribution in [-0.2, 0) is 16.2 Å². The second-order valence-corrected chi connectivity index (χ2v) is 9.90. The first-order valence-electron chi connectivity index (χ1n) is 10.2. The van der Waals surface area contributed by atoms with Crippen molar-refractivity contribution in [3.05, 3.63) is 59.7 Å². The number of likely N-dealkylation sites (N-methyl/N-ethyl adjacent to an activating group) is 1. The zero-order valence-corrected chi connectivity index (χ0v) is 18.7. The Labute approximate surface area is 185 Å². The van der Waals surface area contributed by atoms with Gasteiger partial charge in [0.1, 0.15) is 0 Å². The molecule has 2 aromatic carbocycles. The molecule has 0 atom stereocenters. The predicted octanol–water partition coefficient (Wildman–Crippen LogP) is 4.11. The van der Waals surface area contributed by atoms with Crippen LogP contribution < -0.4 is 10.0 Å². The van der Waals surface area contributed by atoms with E-state index in [9.17, 15) is 26.4 Å². The number of hydrogen-bond donors (Lipinski definition) is 2. The molecule has 2 N–H and O–H groups in total. The van der Waals surface area contributed by atoms with Crippen LogP contribution in [0.2, 0.25) is 0 Å². The molecule has 0 spiro atoms. The molecule has 0 unspecified atom stereocenters. The van der Waals surface area contributed by atoms with Gasteiger partial charge in [0.25, 0.3) is 15.9 Å². The fourth-order valence-corrected chi connectivity index (χ4v) is 4.97. The maximum Gasteiger partial charge on any atom is 0.416 e. The van der Waals surface area contributed by atoms with E-state index >= 15 is 0 Å². The van der Waals surface area contributed by atoms with E-state index in [-0.39, 0.29) is 22.0 Å². The minimum absolute atomic E-state index is 0.0756. The van der Waals surface area contributed by atoms with Crippen LogP contribution in [0, 0.1) is 0 Å². The molecule has 0 bridgehead atoms. The SMILES string of the molecule is CN(C)C1(CNC(=O)c2ccc(S(=O)(=O)Nc3cccc(C(F)(F)F)c3)cc2)CCCC1. The lowest BCUT2D eigenvalue weighted by Gasteiger charge is -2.36. The summed E-state index contributed by atoms with van der Waals surface area (Å²) in [6, 6.07) is 9.21. The third-order valence-corrected chi connectivity index (χ3v) is 7.33. The van der Waals surface area contributed by atoms with Gasteiger partial charge in [0.05, 0.1) is 10.5 Å². The van der Waals surface area contributed by atoms with E-state index in [1.165, 1.54) is 30.3 Å². The number of sulfonamides is 1. The first-order valence-corrected chi connectivity index (χ1v) is 11.7. The van der Waals surface area contributed by atoms with E-state index in [4.69, 9.17) is 0 Å². The van der Waals surface area contributed by atoms with Crippen molar-refractivity contribution in [3.8, 4) is 0 Å². The summed E-state index contributed by atoms with van der Waals surface area (Å²) in [5.74, 6) is -0.312. The fourth-order valence-electron chi connectivity index (χ4n) is 3.92. The number of nitrogens with one attached hydrogen (secondary N) is 2. The first-order chi connectivity index (χ1) is 14.9. The molecule has 1 saturated carbocycles. The molecule has 10 heteroatoms. The van der Waals surface area contributed by atoms with Gasteiger partial charge in [0, 0.05) is 23.3 Å². The van der Waals surface area contributed by atoms with E-state index in [1.54, 1.807) is 0 Å². The number of hydrogen-bond acceptors (Lipinski definition) is 4. The van der Waals surface area contributed by atoms with Crippen molar-refractivity contribution in [2.45, 2.75) is 42.3 Å². The number of benzene rings is 2. The topological polar surface area (TPSA) is 78.5 Å². The molecule has 0 heterocycles. The molecule has 1 fully saturated rings. The van der Waals surface area contributed by atoms with Crippen LogP contribution in [0.15, 0.2) is 53.4 Å². The van der Waals surface area contributed by atoms with Gasteiger partial charge in [-0.25, -0.2) is 8.42 Å². The molecule has 2 aromatic rings. The summed E-state index contributed by atoms with van der Waals surface area (Å²) >= 11 is 0. The smallest absolute Gasteiger partial charge is 0.350 e. The lowest BCUT2D eigenvalue weighted by Crippen LogP contribution is -2.50. The molecule has 0 radical (unpaired) electrons. The summed E-state index contributed by atoms with van der Waals surface area (Å²) in [4.78, 5) is 14.5. The van der Waals surface area contributed by atoms with Gasteiger partial charge in [-0.2, -0.15) is 13.2 Å². The maximum atomic E-state index is 12.9. The average molecular weight is 470 g/mol. The highest BCUT2D eigenvalue weighted by atomic mass is 32.2. The molecule has 32 heavy (non-hydrogen) atoms. The van der Waals surface area contributed by atoms with E-state index < -0.39 is 21.8 Å². The Morgan fingerprint density at radius 3 is 2.25 bits per heavy atom. The fraction of sp³-hybridized carbons (Fsp3) is 0.409. The van der Waals surface area contributed by atoms with E-state index in [0.29, 0.717) is 12.1 Å². The van der Waals surface area contributed by atoms with Crippen molar-refractivity contribution in [1.82, 2.24) is 10.2 Å².